The molecule has 1 N–H and O–H groups in total. The van der Waals surface area contributed by atoms with Gasteiger partial charge in [-0.25, -0.2) is 0 Å². The van der Waals surface area contributed by atoms with Crippen LogP contribution < -0.4 is 5.32 Å². The first-order chi connectivity index (χ1) is 3.41. The van der Waals surface area contributed by atoms with E-state index in [0.29, 0.717) is 0 Å². The first-order valence-electron chi connectivity index (χ1n) is 2.43. The summed E-state index contributed by atoms with van der Waals surface area (Å²) in [6, 6.07) is 0. The number of hydrogen-bond acceptors (Lipinski definition) is 1. The van der Waals surface area contributed by atoms with Gasteiger partial charge in [0, 0.05) is 0 Å². The van der Waals surface area contributed by atoms with Crippen LogP contribution in [-0.2, 0) is 0 Å². The van der Waals surface area contributed by atoms with Crippen LogP contribution in [0.25, 0.3) is 0 Å². The molecule has 0 radical (unpaired) electrons. The molecule has 0 heterocycles. The molecule has 0 atom stereocenters. The van der Waals surface area contributed by atoms with Gasteiger partial charge in [-0.1, -0.05) is 19.6 Å². The van der Waals surface area contributed by atoms with Crippen molar-refractivity contribution in [1.82, 2.24) is 5.32 Å². The largest absolute Gasteiger partial charge is 0.369 e. The van der Waals surface area contributed by atoms with Gasteiger partial charge in [0.25, 0.3) is 0 Å². The maximum Gasteiger partial charge on any atom is -0.00360 e. The minimum atomic E-state index is 1.07. The van der Waals surface area contributed by atoms with E-state index >= 15 is 0 Å². The number of nitrogens with one attached hydrogen (secondary N) is 1. The molecule has 0 aliphatic carbocycles. The fraction of sp³-hybridized carbons (Fsp3) is 0.333. The van der Waals surface area contributed by atoms with Crippen LogP contribution in [0.4, 0.5) is 0 Å². The summed E-state index contributed by atoms with van der Waals surface area (Å²) in [7, 11) is 0. The Labute approximate surface area is 44.7 Å². The average molecular weight is 97.2 g/mol. The zero-order chi connectivity index (χ0) is 5.54. The Morgan fingerprint density at radius 1 is 1.71 bits per heavy atom. The molecule has 1 heteroatoms. The highest BCUT2D eigenvalue weighted by atomic mass is 14.8. The van der Waals surface area contributed by atoms with E-state index in [2.05, 4.69) is 18.8 Å². The Morgan fingerprint density at radius 2 is 2.43 bits per heavy atom. The average Bonchev–Trinajstić information content (AvgIpc) is 1.69. The molecule has 0 aromatic carbocycles. The molecule has 0 aromatic heterocycles. The summed E-state index contributed by atoms with van der Waals surface area (Å²) >= 11 is 0. The Hall–Kier alpha value is -0.720. The molecule has 7 heavy (non-hydrogen) atoms. The Kier molecular flexibility index (Phi) is 4.74. The molecule has 0 aliphatic rings. The maximum atomic E-state index is 3.47. The lowest BCUT2D eigenvalue weighted by atomic mass is 10.5. The predicted molar refractivity (Wildman–Crippen MR) is 32.8 cm³/mol. The van der Waals surface area contributed by atoms with Gasteiger partial charge in [-0.3, -0.25) is 0 Å². The molecule has 0 bridgehead atoms. The lowest BCUT2D eigenvalue weighted by molar-refractivity contribution is 1.14. The molecule has 0 spiro atoms. The lowest BCUT2D eigenvalue weighted by Gasteiger charge is -1.81. The van der Waals surface area contributed by atoms with Crippen molar-refractivity contribution in [2.75, 3.05) is 0 Å². The van der Waals surface area contributed by atoms with Crippen molar-refractivity contribution in [2.24, 2.45) is 0 Å². The van der Waals surface area contributed by atoms with Crippen molar-refractivity contribution in [3.05, 3.63) is 25.1 Å². The fourth-order valence-corrected chi connectivity index (χ4v) is 0.254. The molecular weight excluding hydrogens is 86.1 g/mol. The van der Waals surface area contributed by atoms with Crippen molar-refractivity contribution in [1.29, 1.82) is 0 Å². The number of rotatable bonds is 3. The second-order valence-corrected chi connectivity index (χ2v) is 1.18. The smallest absolute Gasteiger partial charge is 0.00360 e. The first-order valence-corrected chi connectivity index (χ1v) is 2.43. The van der Waals surface area contributed by atoms with Gasteiger partial charge in [0.05, 0.1) is 0 Å². The summed E-state index contributed by atoms with van der Waals surface area (Å²) in [5, 5.41) is 2.83. The zero-order valence-corrected chi connectivity index (χ0v) is 4.65. The summed E-state index contributed by atoms with van der Waals surface area (Å²) < 4.78 is 0. The summed E-state index contributed by atoms with van der Waals surface area (Å²) in [4.78, 5) is 0. The fourth-order valence-electron chi connectivity index (χ4n) is 0.254. The highest BCUT2D eigenvalue weighted by molar-refractivity contribution is 4.82. The van der Waals surface area contributed by atoms with Gasteiger partial charge in [0.2, 0.25) is 0 Å². The van der Waals surface area contributed by atoms with Crippen LogP contribution in [0.1, 0.15) is 13.3 Å². The quantitative estimate of drug-likeness (QED) is 0.564. The van der Waals surface area contributed by atoms with Gasteiger partial charge in [0.15, 0.2) is 0 Å². The van der Waals surface area contributed by atoms with E-state index in [1.807, 2.05) is 12.3 Å². The van der Waals surface area contributed by atoms with E-state index in [-0.39, 0.29) is 0 Å². The zero-order valence-electron chi connectivity index (χ0n) is 4.65. The topological polar surface area (TPSA) is 12.0 Å². The van der Waals surface area contributed by atoms with Crippen LogP contribution in [0.15, 0.2) is 25.1 Å². The molecule has 0 rings (SSSR count). The number of hydrogen-bond donors (Lipinski definition) is 1. The highest BCUT2D eigenvalue weighted by Gasteiger charge is 1.59. The molecule has 0 aliphatic heterocycles. The van der Waals surface area contributed by atoms with Crippen LogP contribution in [-0.4, -0.2) is 0 Å². The molecule has 0 saturated carbocycles. The third kappa shape index (κ3) is 5.28. The van der Waals surface area contributed by atoms with Crippen molar-refractivity contribution >= 4 is 0 Å². The van der Waals surface area contributed by atoms with Gasteiger partial charge in [-0.2, -0.15) is 0 Å². The van der Waals surface area contributed by atoms with Crippen LogP contribution in [0.5, 0.6) is 0 Å². The van der Waals surface area contributed by atoms with Gasteiger partial charge >= 0.3 is 0 Å². The number of allylic oxidation sites excluding steroid dienone is 1. The first kappa shape index (κ1) is 6.28. The molecular formula is C6H11N. The van der Waals surface area contributed by atoms with Gasteiger partial charge in [-0.05, 0) is 18.8 Å². The van der Waals surface area contributed by atoms with Crippen LogP contribution in [0.2, 0.25) is 0 Å². The van der Waals surface area contributed by atoms with E-state index in [9.17, 15) is 0 Å². The molecule has 40 valence electrons. The van der Waals surface area contributed by atoms with Crippen molar-refractivity contribution in [2.45, 2.75) is 13.3 Å². The summed E-state index contributed by atoms with van der Waals surface area (Å²) in [5.41, 5.74) is 0. The van der Waals surface area contributed by atoms with Crippen LogP contribution >= 0.6 is 0 Å². The van der Waals surface area contributed by atoms with E-state index in [4.69, 9.17) is 0 Å². The van der Waals surface area contributed by atoms with Crippen molar-refractivity contribution in [3.63, 3.8) is 0 Å². The second kappa shape index (κ2) is 5.28. The molecule has 0 unspecified atom stereocenters. The van der Waals surface area contributed by atoms with E-state index in [1.165, 1.54) is 0 Å². The monoisotopic (exact) mass is 97.1 g/mol. The molecule has 0 fully saturated rings. The minimum Gasteiger partial charge on any atom is -0.369 e. The van der Waals surface area contributed by atoms with Gasteiger partial charge in [0.1, 0.15) is 0 Å². The van der Waals surface area contributed by atoms with E-state index < -0.39 is 0 Å². The highest BCUT2D eigenvalue weighted by Crippen LogP contribution is 1.73. The van der Waals surface area contributed by atoms with Gasteiger partial charge in [-0.15, -0.1) is 0 Å². The third-order valence-electron chi connectivity index (χ3n) is 0.568. The molecule has 0 aromatic rings. The summed E-state index contributed by atoms with van der Waals surface area (Å²) in [6.45, 7) is 5.55. The predicted octanol–water partition coefficient (Wildman–Crippen LogP) is 1.64. The molecule has 0 saturated heterocycles. The minimum absolute atomic E-state index is 1.07. The van der Waals surface area contributed by atoms with E-state index in [0.717, 1.165) is 6.42 Å². The Balaban J connectivity index is 2.92. The third-order valence-corrected chi connectivity index (χ3v) is 0.568. The van der Waals surface area contributed by atoms with Gasteiger partial charge < -0.3 is 5.32 Å². The maximum absolute atomic E-state index is 3.47. The summed E-state index contributed by atoms with van der Waals surface area (Å²) in [5.74, 6) is 0. The second-order valence-electron chi connectivity index (χ2n) is 1.18. The van der Waals surface area contributed by atoms with Crippen molar-refractivity contribution in [3.8, 4) is 0 Å². The van der Waals surface area contributed by atoms with Crippen LogP contribution in [0, 0.1) is 0 Å². The Morgan fingerprint density at radius 3 is 2.86 bits per heavy atom. The normalized spacial score (nSPS) is 9.29. The molecule has 0 amide bonds. The SMILES string of the molecule is C=CNC=CCC. The summed E-state index contributed by atoms with van der Waals surface area (Å²) in [6.07, 6.45) is 6.61. The van der Waals surface area contributed by atoms with E-state index in [1.54, 1.807) is 6.20 Å². The van der Waals surface area contributed by atoms with Crippen molar-refractivity contribution < 1.29 is 0 Å². The standard InChI is InChI=1S/C6H11N/c1-3-5-6-7-4-2/h4-7H,2-3H2,1H3. The lowest BCUT2D eigenvalue weighted by Crippen LogP contribution is -1.87. The Bertz CT molecular complexity index is 64.6. The van der Waals surface area contributed by atoms with Crippen LogP contribution in [0.3, 0.4) is 0 Å². The molecule has 1 nitrogen and oxygen atoms in total.